The van der Waals surface area contributed by atoms with Gasteiger partial charge in [0.15, 0.2) is 5.82 Å². The zero-order valence-electron chi connectivity index (χ0n) is 9.77. The third-order valence-corrected chi connectivity index (χ3v) is 3.28. The number of nitrogens with zero attached hydrogens (tertiary/aromatic N) is 2. The fourth-order valence-corrected chi connectivity index (χ4v) is 2.15. The predicted octanol–water partition coefficient (Wildman–Crippen LogP) is 4.19. The van der Waals surface area contributed by atoms with Crippen molar-refractivity contribution in [3.05, 3.63) is 52.5 Å². The van der Waals surface area contributed by atoms with Crippen molar-refractivity contribution in [1.29, 1.82) is 0 Å². The van der Waals surface area contributed by atoms with E-state index in [9.17, 15) is 0 Å². The SMILES string of the molecule is Nc1nc(-c2ccc(Cl)cc2)nc2ccc(Cl)cc12. The van der Waals surface area contributed by atoms with Crippen molar-refractivity contribution in [2.45, 2.75) is 0 Å². The van der Waals surface area contributed by atoms with Crippen LogP contribution in [0.3, 0.4) is 0 Å². The number of fused-ring (bicyclic) bond motifs is 1. The Morgan fingerprint density at radius 1 is 0.842 bits per heavy atom. The van der Waals surface area contributed by atoms with E-state index in [-0.39, 0.29) is 0 Å². The summed E-state index contributed by atoms with van der Waals surface area (Å²) in [5, 5.41) is 2.04. The third-order valence-electron chi connectivity index (χ3n) is 2.79. The molecule has 3 aromatic rings. The zero-order chi connectivity index (χ0) is 13.4. The minimum absolute atomic E-state index is 0.414. The lowest BCUT2D eigenvalue weighted by Crippen LogP contribution is -1.97. The molecule has 0 radical (unpaired) electrons. The van der Waals surface area contributed by atoms with E-state index in [1.54, 1.807) is 24.3 Å². The van der Waals surface area contributed by atoms with Gasteiger partial charge in [0.05, 0.1) is 5.52 Å². The smallest absolute Gasteiger partial charge is 0.162 e. The Bertz CT molecular complexity index is 754. The lowest BCUT2D eigenvalue weighted by Gasteiger charge is -2.06. The van der Waals surface area contributed by atoms with Crippen LogP contribution in [0, 0.1) is 0 Å². The zero-order valence-corrected chi connectivity index (χ0v) is 11.3. The fraction of sp³-hybridized carbons (Fsp3) is 0. The number of benzene rings is 2. The quantitative estimate of drug-likeness (QED) is 0.731. The molecule has 0 saturated carbocycles. The largest absolute Gasteiger partial charge is 0.383 e. The van der Waals surface area contributed by atoms with E-state index in [2.05, 4.69) is 9.97 Å². The molecular formula is C14H9Cl2N3. The summed E-state index contributed by atoms with van der Waals surface area (Å²) in [7, 11) is 0. The number of halogens is 2. The van der Waals surface area contributed by atoms with Gasteiger partial charge in [-0.15, -0.1) is 0 Å². The number of anilines is 1. The first-order valence-electron chi connectivity index (χ1n) is 5.62. The van der Waals surface area contributed by atoms with Crippen molar-refractivity contribution >= 4 is 39.9 Å². The van der Waals surface area contributed by atoms with Gasteiger partial charge < -0.3 is 5.73 Å². The molecule has 3 nitrogen and oxygen atoms in total. The van der Waals surface area contributed by atoms with Gasteiger partial charge in [-0.2, -0.15) is 0 Å². The molecule has 0 saturated heterocycles. The average molecular weight is 290 g/mol. The second-order valence-electron chi connectivity index (χ2n) is 4.10. The third kappa shape index (κ3) is 2.35. The van der Waals surface area contributed by atoms with Gasteiger partial charge in [0.1, 0.15) is 5.82 Å². The molecule has 19 heavy (non-hydrogen) atoms. The first-order chi connectivity index (χ1) is 9.13. The van der Waals surface area contributed by atoms with Gasteiger partial charge in [-0.1, -0.05) is 23.2 Å². The first-order valence-corrected chi connectivity index (χ1v) is 6.38. The highest BCUT2D eigenvalue weighted by atomic mass is 35.5. The summed E-state index contributed by atoms with van der Waals surface area (Å²) in [6.07, 6.45) is 0. The van der Waals surface area contributed by atoms with Crippen LogP contribution in [-0.2, 0) is 0 Å². The maximum atomic E-state index is 5.96. The molecule has 94 valence electrons. The highest BCUT2D eigenvalue weighted by Crippen LogP contribution is 2.26. The van der Waals surface area contributed by atoms with E-state index in [1.807, 2.05) is 18.2 Å². The van der Waals surface area contributed by atoms with Crippen molar-refractivity contribution in [2.75, 3.05) is 5.73 Å². The number of aromatic nitrogens is 2. The number of nitrogen functional groups attached to an aromatic ring is 1. The van der Waals surface area contributed by atoms with Gasteiger partial charge in [0, 0.05) is 21.0 Å². The summed E-state index contributed by atoms with van der Waals surface area (Å²) in [5.41, 5.74) is 7.59. The first kappa shape index (κ1) is 12.2. The summed E-state index contributed by atoms with van der Waals surface area (Å²) in [5.74, 6) is 0.987. The highest BCUT2D eigenvalue weighted by Gasteiger charge is 2.07. The summed E-state index contributed by atoms with van der Waals surface area (Å²) in [6.45, 7) is 0. The van der Waals surface area contributed by atoms with Gasteiger partial charge in [-0.05, 0) is 42.5 Å². The van der Waals surface area contributed by atoms with Crippen molar-refractivity contribution in [1.82, 2.24) is 9.97 Å². The molecular weight excluding hydrogens is 281 g/mol. The normalized spacial score (nSPS) is 10.8. The van der Waals surface area contributed by atoms with Gasteiger partial charge in [0.25, 0.3) is 0 Å². The van der Waals surface area contributed by atoms with Crippen LogP contribution >= 0.6 is 23.2 Å². The van der Waals surface area contributed by atoms with E-state index in [4.69, 9.17) is 28.9 Å². The standard InChI is InChI=1S/C14H9Cl2N3/c15-9-3-1-8(2-4-9)14-18-12-6-5-10(16)7-11(12)13(17)19-14/h1-7H,(H2,17,18,19). The lowest BCUT2D eigenvalue weighted by molar-refractivity contribution is 1.23. The molecule has 2 N–H and O–H groups in total. The Labute approximate surface area is 120 Å². The van der Waals surface area contributed by atoms with Crippen molar-refractivity contribution in [3.8, 4) is 11.4 Å². The number of hydrogen-bond donors (Lipinski definition) is 1. The predicted molar refractivity (Wildman–Crippen MR) is 79.4 cm³/mol. The average Bonchev–Trinajstić information content (AvgIpc) is 2.40. The van der Waals surface area contributed by atoms with Gasteiger partial charge in [-0.3, -0.25) is 0 Å². The molecule has 1 heterocycles. The second kappa shape index (κ2) is 4.68. The van der Waals surface area contributed by atoms with Crippen LogP contribution < -0.4 is 5.73 Å². The number of hydrogen-bond acceptors (Lipinski definition) is 3. The van der Waals surface area contributed by atoms with Crippen LogP contribution in [0.1, 0.15) is 0 Å². The summed E-state index contributed by atoms with van der Waals surface area (Å²) in [6, 6.07) is 12.7. The van der Waals surface area contributed by atoms with Crippen molar-refractivity contribution < 1.29 is 0 Å². The van der Waals surface area contributed by atoms with Crippen LogP contribution in [0.25, 0.3) is 22.3 Å². The Hall–Kier alpha value is -1.84. The van der Waals surface area contributed by atoms with E-state index in [1.165, 1.54) is 0 Å². The Kier molecular flexibility index (Phi) is 3.01. The number of rotatable bonds is 1. The van der Waals surface area contributed by atoms with Crippen LogP contribution in [0.5, 0.6) is 0 Å². The van der Waals surface area contributed by atoms with E-state index in [0.29, 0.717) is 21.7 Å². The molecule has 0 amide bonds. The molecule has 5 heteroatoms. The Morgan fingerprint density at radius 3 is 2.26 bits per heavy atom. The summed E-state index contributed by atoms with van der Waals surface area (Å²) < 4.78 is 0. The molecule has 0 atom stereocenters. The van der Waals surface area contributed by atoms with E-state index >= 15 is 0 Å². The lowest BCUT2D eigenvalue weighted by atomic mass is 10.2. The molecule has 0 aliphatic rings. The van der Waals surface area contributed by atoms with Crippen LogP contribution in [0.2, 0.25) is 10.0 Å². The topological polar surface area (TPSA) is 51.8 Å². The van der Waals surface area contributed by atoms with Crippen LogP contribution in [-0.4, -0.2) is 9.97 Å². The Morgan fingerprint density at radius 2 is 1.53 bits per heavy atom. The number of nitrogens with two attached hydrogens (primary N) is 1. The van der Waals surface area contributed by atoms with Gasteiger partial charge >= 0.3 is 0 Å². The Balaban J connectivity index is 2.20. The minimum Gasteiger partial charge on any atom is -0.383 e. The van der Waals surface area contributed by atoms with Crippen molar-refractivity contribution in [2.24, 2.45) is 0 Å². The van der Waals surface area contributed by atoms with Gasteiger partial charge in [-0.25, -0.2) is 9.97 Å². The molecule has 1 aromatic heterocycles. The highest BCUT2D eigenvalue weighted by molar-refractivity contribution is 6.31. The molecule has 0 unspecified atom stereocenters. The van der Waals surface area contributed by atoms with Crippen LogP contribution in [0.15, 0.2) is 42.5 Å². The molecule has 0 fully saturated rings. The maximum absolute atomic E-state index is 5.96. The fourth-order valence-electron chi connectivity index (χ4n) is 1.85. The molecule has 0 aliphatic heterocycles. The second-order valence-corrected chi connectivity index (χ2v) is 4.97. The molecule has 0 spiro atoms. The van der Waals surface area contributed by atoms with Crippen molar-refractivity contribution in [3.63, 3.8) is 0 Å². The summed E-state index contributed by atoms with van der Waals surface area (Å²) >= 11 is 11.8. The van der Waals surface area contributed by atoms with E-state index in [0.717, 1.165) is 16.5 Å². The van der Waals surface area contributed by atoms with E-state index < -0.39 is 0 Å². The van der Waals surface area contributed by atoms with Gasteiger partial charge in [0.2, 0.25) is 0 Å². The summed E-state index contributed by atoms with van der Waals surface area (Å²) in [4.78, 5) is 8.79. The minimum atomic E-state index is 0.414. The molecule has 0 aliphatic carbocycles. The maximum Gasteiger partial charge on any atom is 0.162 e. The molecule has 3 rings (SSSR count). The monoisotopic (exact) mass is 289 g/mol. The molecule has 2 aromatic carbocycles. The molecule has 0 bridgehead atoms. The van der Waals surface area contributed by atoms with Crippen LogP contribution in [0.4, 0.5) is 5.82 Å².